The molecule has 1 aromatic carbocycles. The summed E-state index contributed by atoms with van der Waals surface area (Å²) in [5.74, 6) is -3.29. The van der Waals surface area contributed by atoms with Gasteiger partial charge in [0.05, 0.1) is 12.1 Å². The van der Waals surface area contributed by atoms with Crippen LogP contribution < -0.4 is 10.2 Å². The summed E-state index contributed by atoms with van der Waals surface area (Å²) in [6.45, 7) is 0. The zero-order chi connectivity index (χ0) is 17.6. The molecule has 0 atom stereocenters. The first kappa shape index (κ1) is 15.8. The first-order chi connectivity index (χ1) is 11.3. The number of carbonyl (C=O) groups is 2. The summed E-state index contributed by atoms with van der Waals surface area (Å²) in [7, 11) is 1.32. The Balaban J connectivity index is 2.61. The summed E-state index contributed by atoms with van der Waals surface area (Å²) < 4.78 is 10.4. The highest BCUT2D eigenvalue weighted by Crippen LogP contribution is 2.34. The van der Waals surface area contributed by atoms with E-state index in [0.29, 0.717) is 0 Å². The Labute approximate surface area is 137 Å². The minimum absolute atomic E-state index is 0.0426. The number of pyridine rings is 1. The van der Waals surface area contributed by atoms with Gasteiger partial charge in [-0.15, -0.1) is 0 Å². The van der Waals surface area contributed by atoms with Crippen LogP contribution in [0.15, 0.2) is 27.4 Å². The van der Waals surface area contributed by atoms with Gasteiger partial charge in [-0.3, -0.25) is 4.79 Å². The van der Waals surface area contributed by atoms with Gasteiger partial charge < -0.3 is 19.4 Å². The summed E-state index contributed by atoms with van der Waals surface area (Å²) in [6.07, 6.45) is 0. The standard InChI is InChI=1S/C15H8ClNO7/c1-23-9-2-5-6(16)3-7(14(19)20)17-12(5)13-11(9)8(18)4-10(24-13)15(21)22/h2-4H,1H3,(H,19,20)(H,21,22). The number of aromatic nitrogens is 1. The molecule has 24 heavy (non-hydrogen) atoms. The maximum Gasteiger partial charge on any atom is 0.371 e. The lowest BCUT2D eigenvalue weighted by Crippen LogP contribution is -2.09. The highest BCUT2D eigenvalue weighted by Gasteiger charge is 2.20. The van der Waals surface area contributed by atoms with E-state index < -0.39 is 23.1 Å². The van der Waals surface area contributed by atoms with E-state index in [0.717, 1.165) is 12.1 Å². The summed E-state index contributed by atoms with van der Waals surface area (Å²) >= 11 is 6.08. The van der Waals surface area contributed by atoms with Crippen LogP contribution in [-0.4, -0.2) is 34.2 Å². The molecule has 0 unspecified atom stereocenters. The van der Waals surface area contributed by atoms with Gasteiger partial charge in [-0.25, -0.2) is 14.6 Å². The Kier molecular flexibility index (Phi) is 3.61. The van der Waals surface area contributed by atoms with Gasteiger partial charge in [-0.1, -0.05) is 11.6 Å². The van der Waals surface area contributed by atoms with Gasteiger partial charge in [-0.2, -0.15) is 0 Å². The van der Waals surface area contributed by atoms with Crippen molar-refractivity contribution in [2.75, 3.05) is 7.11 Å². The van der Waals surface area contributed by atoms with Crippen molar-refractivity contribution in [1.82, 2.24) is 4.98 Å². The smallest absolute Gasteiger partial charge is 0.371 e. The van der Waals surface area contributed by atoms with Crippen molar-refractivity contribution in [3.8, 4) is 5.75 Å². The van der Waals surface area contributed by atoms with Crippen molar-refractivity contribution in [3.63, 3.8) is 0 Å². The van der Waals surface area contributed by atoms with Gasteiger partial charge in [0.25, 0.3) is 0 Å². The number of hydrogen-bond acceptors (Lipinski definition) is 6. The van der Waals surface area contributed by atoms with Crippen LogP contribution in [0.25, 0.3) is 21.9 Å². The van der Waals surface area contributed by atoms with Crippen molar-refractivity contribution in [2.45, 2.75) is 0 Å². The topological polar surface area (TPSA) is 127 Å². The van der Waals surface area contributed by atoms with E-state index in [1.54, 1.807) is 0 Å². The van der Waals surface area contributed by atoms with Crippen LogP contribution in [0.2, 0.25) is 5.02 Å². The average molecular weight is 350 g/mol. The molecule has 0 fully saturated rings. The molecule has 0 radical (unpaired) electrons. The molecule has 2 N–H and O–H groups in total. The maximum atomic E-state index is 12.3. The minimum atomic E-state index is -1.45. The number of rotatable bonds is 3. The molecular formula is C15H8ClNO7. The molecular weight excluding hydrogens is 342 g/mol. The van der Waals surface area contributed by atoms with E-state index in [2.05, 4.69) is 4.98 Å². The molecule has 2 aromatic heterocycles. The van der Waals surface area contributed by atoms with Gasteiger partial charge in [-0.05, 0) is 12.1 Å². The molecule has 0 saturated heterocycles. The summed E-state index contributed by atoms with van der Waals surface area (Å²) in [6, 6.07) is 3.36. The molecule has 122 valence electrons. The fraction of sp³-hybridized carbons (Fsp3) is 0.0667. The molecule has 0 aliphatic carbocycles. The number of carboxylic acids is 2. The van der Waals surface area contributed by atoms with E-state index >= 15 is 0 Å². The Hall–Kier alpha value is -3.13. The van der Waals surface area contributed by atoms with Crippen LogP contribution in [0.4, 0.5) is 0 Å². The number of halogens is 1. The molecule has 3 rings (SSSR count). The van der Waals surface area contributed by atoms with Gasteiger partial charge in [0.15, 0.2) is 16.7 Å². The predicted molar refractivity (Wildman–Crippen MR) is 83.3 cm³/mol. The second-order valence-corrected chi connectivity index (χ2v) is 5.16. The van der Waals surface area contributed by atoms with Crippen molar-refractivity contribution in [3.05, 3.63) is 44.9 Å². The molecule has 3 aromatic rings. The molecule has 0 bridgehead atoms. The molecule has 8 nitrogen and oxygen atoms in total. The molecule has 0 aliphatic rings. The van der Waals surface area contributed by atoms with Gasteiger partial charge >= 0.3 is 11.9 Å². The van der Waals surface area contributed by atoms with Crippen LogP contribution in [0.3, 0.4) is 0 Å². The van der Waals surface area contributed by atoms with Crippen LogP contribution in [0.1, 0.15) is 21.0 Å². The maximum absolute atomic E-state index is 12.3. The highest BCUT2D eigenvalue weighted by molar-refractivity contribution is 6.36. The lowest BCUT2D eigenvalue weighted by atomic mass is 10.1. The van der Waals surface area contributed by atoms with Crippen LogP contribution in [0.5, 0.6) is 5.75 Å². The summed E-state index contributed by atoms with van der Waals surface area (Å²) in [5.41, 5.74) is -1.29. The Morgan fingerprint density at radius 1 is 1.21 bits per heavy atom. The Bertz CT molecular complexity index is 1090. The SMILES string of the molecule is COc1cc2c(Cl)cc(C(=O)O)nc2c2oc(C(=O)O)cc(=O)c12. The van der Waals surface area contributed by atoms with E-state index in [9.17, 15) is 14.4 Å². The number of methoxy groups -OCH3 is 1. The van der Waals surface area contributed by atoms with E-state index in [-0.39, 0.29) is 38.3 Å². The van der Waals surface area contributed by atoms with Crippen molar-refractivity contribution < 1.29 is 29.0 Å². The highest BCUT2D eigenvalue weighted by atomic mass is 35.5. The lowest BCUT2D eigenvalue weighted by molar-refractivity contribution is 0.0659. The number of carboxylic acid groups (broad SMARTS) is 2. The van der Waals surface area contributed by atoms with Gasteiger partial charge in [0.2, 0.25) is 5.76 Å². The van der Waals surface area contributed by atoms with E-state index in [1.807, 2.05) is 0 Å². The van der Waals surface area contributed by atoms with E-state index in [1.165, 1.54) is 13.2 Å². The first-order valence-electron chi connectivity index (χ1n) is 6.45. The summed E-state index contributed by atoms with van der Waals surface area (Å²) in [5, 5.41) is 18.4. The lowest BCUT2D eigenvalue weighted by Gasteiger charge is -2.10. The Morgan fingerprint density at radius 3 is 2.50 bits per heavy atom. The fourth-order valence-electron chi connectivity index (χ4n) is 2.31. The molecule has 0 amide bonds. The second-order valence-electron chi connectivity index (χ2n) is 4.75. The Morgan fingerprint density at radius 2 is 1.92 bits per heavy atom. The zero-order valence-corrected chi connectivity index (χ0v) is 12.7. The van der Waals surface area contributed by atoms with Crippen LogP contribution in [-0.2, 0) is 0 Å². The second kappa shape index (κ2) is 5.50. The summed E-state index contributed by atoms with van der Waals surface area (Å²) in [4.78, 5) is 38.5. The third-order valence-electron chi connectivity index (χ3n) is 3.34. The third-order valence-corrected chi connectivity index (χ3v) is 3.66. The van der Waals surface area contributed by atoms with Crippen LogP contribution >= 0.6 is 11.6 Å². The van der Waals surface area contributed by atoms with Crippen molar-refractivity contribution in [2.24, 2.45) is 0 Å². The first-order valence-corrected chi connectivity index (χ1v) is 6.83. The van der Waals surface area contributed by atoms with Crippen LogP contribution in [0, 0.1) is 0 Å². The molecule has 2 heterocycles. The largest absolute Gasteiger partial charge is 0.496 e. The van der Waals surface area contributed by atoms with Crippen molar-refractivity contribution in [1.29, 1.82) is 0 Å². The molecule has 0 saturated carbocycles. The number of fused-ring (bicyclic) bond motifs is 3. The number of nitrogens with zero attached hydrogens (tertiary/aromatic N) is 1. The number of benzene rings is 1. The van der Waals surface area contributed by atoms with Gasteiger partial charge in [0.1, 0.15) is 16.7 Å². The average Bonchev–Trinajstić information content (AvgIpc) is 2.53. The number of hydrogen-bond donors (Lipinski definition) is 2. The number of ether oxygens (including phenoxy) is 1. The fourth-order valence-corrected chi connectivity index (χ4v) is 2.55. The predicted octanol–water partition coefficient (Wildman–Crippen LogP) is 2.40. The van der Waals surface area contributed by atoms with Crippen molar-refractivity contribution >= 4 is 45.4 Å². The number of aromatic carboxylic acids is 2. The van der Waals surface area contributed by atoms with E-state index in [4.69, 9.17) is 31.0 Å². The normalized spacial score (nSPS) is 10.9. The third kappa shape index (κ3) is 2.33. The molecule has 9 heteroatoms. The monoisotopic (exact) mass is 349 g/mol. The zero-order valence-electron chi connectivity index (χ0n) is 12.0. The van der Waals surface area contributed by atoms with Gasteiger partial charge in [0, 0.05) is 11.5 Å². The quantitative estimate of drug-likeness (QED) is 0.690. The minimum Gasteiger partial charge on any atom is -0.496 e. The molecule has 0 spiro atoms. The molecule has 0 aliphatic heterocycles.